The molecule has 1 amide bonds. The van der Waals surface area contributed by atoms with Crippen molar-refractivity contribution in [1.29, 1.82) is 0 Å². The summed E-state index contributed by atoms with van der Waals surface area (Å²) in [5.74, 6) is -0.922. The van der Waals surface area contributed by atoms with E-state index in [1.165, 1.54) is 7.11 Å². The van der Waals surface area contributed by atoms with Gasteiger partial charge < -0.3 is 9.47 Å². The Balaban J connectivity index is 1.89. The molecule has 0 bridgehead atoms. The van der Waals surface area contributed by atoms with E-state index in [0.717, 1.165) is 5.56 Å². The minimum atomic E-state index is -0.591. The highest BCUT2D eigenvalue weighted by atomic mass is 16.5. The third kappa shape index (κ3) is 1.82. The lowest BCUT2D eigenvalue weighted by Gasteiger charge is -2.22. The van der Waals surface area contributed by atoms with Crippen LogP contribution in [-0.2, 0) is 19.1 Å². The number of carbonyl (C=O) groups excluding carboxylic acids is 2. The molecule has 0 N–H and O–H groups in total. The highest BCUT2D eigenvalue weighted by Crippen LogP contribution is 2.36. The van der Waals surface area contributed by atoms with E-state index >= 15 is 0 Å². The van der Waals surface area contributed by atoms with E-state index < -0.39 is 12.2 Å². The van der Waals surface area contributed by atoms with Gasteiger partial charge in [0.25, 0.3) is 5.91 Å². The maximum Gasteiger partial charge on any atom is 0.343 e. The van der Waals surface area contributed by atoms with E-state index in [2.05, 4.69) is 4.74 Å². The second-order valence-corrected chi connectivity index (χ2v) is 4.45. The van der Waals surface area contributed by atoms with Gasteiger partial charge in [0.15, 0.2) is 6.23 Å². The summed E-state index contributed by atoms with van der Waals surface area (Å²) in [6.07, 6.45) is 1.19. The normalized spacial score (nSPS) is 25.2. The molecule has 2 aliphatic heterocycles. The first-order chi connectivity index (χ1) is 9.22. The predicted octanol–water partition coefficient (Wildman–Crippen LogP) is 1.03. The van der Waals surface area contributed by atoms with Gasteiger partial charge in [-0.15, -0.1) is 0 Å². The second kappa shape index (κ2) is 4.51. The van der Waals surface area contributed by atoms with E-state index in [9.17, 15) is 9.59 Å². The Morgan fingerprint density at radius 1 is 1.37 bits per heavy atom. The summed E-state index contributed by atoms with van der Waals surface area (Å²) in [5, 5.41) is 0. The molecule has 5 nitrogen and oxygen atoms in total. The number of methoxy groups -OCH3 is 1. The molecule has 1 fully saturated rings. The molecule has 2 atom stereocenters. The Hall–Kier alpha value is -2.14. The van der Waals surface area contributed by atoms with Gasteiger partial charge in [0.05, 0.1) is 19.8 Å². The fourth-order valence-electron chi connectivity index (χ4n) is 2.45. The SMILES string of the molecule is COC(=O)C1=C[C@H]2CO[C@H](c3ccccc3)N2C1=O. The van der Waals surface area contributed by atoms with Crippen molar-refractivity contribution in [2.24, 2.45) is 0 Å². The average Bonchev–Trinajstić information content (AvgIpc) is 3.00. The highest BCUT2D eigenvalue weighted by molar-refractivity contribution is 6.18. The van der Waals surface area contributed by atoms with Crippen molar-refractivity contribution in [2.45, 2.75) is 12.3 Å². The number of rotatable bonds is 2. The molecule has 1 aromatic carbocycles. The van der Waals surface area contributed by atoms with Crippen LogP contribution in [0.3, 0.4) is 0 Å². The van der Waals surface area contributed by atoms with E-state index in [4.69, 9.17) is 4.74 Å². The maximum absolute atomic E-state index is 12.2. The summed E-state index contributed by atoms with van der Waals surface area (Å²) in [6, 6.07) is 9.29. The van der Waals surface area contributed by atoms with Crippen LogP contribution >= 0.6 is 0 Å². The topological polar surface area (TPSA) is 55.8 Å². The van der Waals surface area contributed by atoms with Gasteiger partial charge in [-0.3, -0.25) is 9.69 Å². The molecule has 2 heterocycles. The van der Waals surface area contributed by atoms with Crippen LogP contribution in [0.4, 0.5) is 0 Å². The number of esters is 1. The minimum Gasteiger partial charge on any atom is -0.465 e. The largest absolute Gasteiger partial charge is 0.465 e. The summed E-state index contributed by atoms with van der Waals surface area (Å²) in [7, 11) is 1.27. The van der Waals surface area contributed by atoms with Gasteiger partial charge in [-0.05, 0) is 6.08 Å². The number of hydrogen-bond donors (Lipinski definition) is 0. The van der Waals surface area contributed by atoms with Crippen LogP contribution in [0.25, 0.3) is 0 Å². The minimum absolute atomic E-state index is 0.0942. The van der Waals surface area contributed by atoms with Crippen molar-refractivity contribution in [3.8, 4) is 0 Å². The van der Waals surface area contributed by atoms with Crippen LogP contribution in [0.1, 0.15) is 11.8 Å². The highest BCUT2D eigenvalue weighted by Gasteiger charge is 2.45. The number of hydrogen-bond acceptors (Lipinski definition) is 4. The van der Waals surface area contributed by atoms with Crippen LogP contribution in [0, 0.1) is 0 Å². The number of benzene rings is 1. The molecule has 0 aliphatic carbocycles. The monoisotopic (exact) mass is 259 g/mol. The molecule has 98 valence electrons. The Morgan fingerprint density at radius 2 is 2.11 bits per heavy atom. The number of fused-ring (bicyclic) bond motifs is 1. The van der Waals surface area contributed by atoms with Gasteiger partial charge in [0.1, 0.15) is 5.57 Å². The first-order valence-electron chi connectivity index (χ1n) is 6.01. The van der Waals surface area contributed by atoms with E-state index in [1.807, 2.05) is 30.3 Å². The van der Waals surface area contributed by atoms with Crippen molar-refractivity contribution in [3.63, 3.8) is 0 Å². The third-order valence-corrected chi connectivity index (χ3v) is 3.35. The van der Waals surface area contributed by atoms with Crippen molar-refractivity contribution in [3.05, 3.63) is 47.5 Å². The molecule has 1 aromatic rings. The van der Waals surface area contributed by atoms with E-state index in [1.54, 1.807) is 11.0 Å². The number of ether oxygens (including phenoxy) is 2. The number of amides is 1. The zero-order valence-corrected chi connectivity index (χ0v) is 10.4. The number of nitrogens with zero attached hydrogens (tertiary/aromatic N) is 1. The lowest BCUT2D eigenvalue weighted by atomic mass is 10.2. The summed E-state index contributed by atoms with van der Waals surface area (Å²) in [6.45, 7) is 0.395. The molecule has 0 unspecified atom stereocenters. The van der Waals surface area contributed by atoms with E-state index in [0.29, 0.717) is 6.61 Å². The maximum atomic E-state index is 12.2. The summed E-state index contributed by atoms with van der Waals surface area (Å²) in [4.78, 5) is 25.4. The summed E-state index contributed by atoms with van der Waals surface area (Å²) >= 11 is 0. The van der Waals surface area contributed by atoms with Gasteiger partial charge in [-0.25, -0.2) is 4.79 Å². The van der Waals surface area contributed by atoms with Crippen LogP contribution in [0.5, 0.6) is 0 Å². The predicted molar refractivity (Wildman–Crippen MR) is 65.9 cm³/mol. The zero-order valence-electron chi connectivity index (χ0n) is 10.4. The van der Waals surface area contributed by atoms with Crippen molar-refractivity contribution >= 4 is 11.9 Å². The standard InChI is InChI=1S/C14H13NO4/c1-18-14(17)11-7-10-8-19-13(15(10)12(11)16)9-5-3-2-4-6-9/h2-7,10,13H,8H2,1H3/t10-,13+/m0/s1. The molecular weight excluding hydrogens is 246 g/mol. The summed E-state index contributed by atoms with van der Waals surface area (Å²) in [5.41, 5.74) is 0.995. The van der Waals surface area contributed by atoms with Crippen LogP contribution in [0.2, 0.25) is 0 Å². The Labute approximate surface area is 110 Å². The van der Waals surface area contributed by atoms with Gasteiger partial charge in [0, 0.05) is 5.56 Å². The summed E-state index contributed by atoms with van der Waals surface area (Å²) < 4.78 is 10.3. The van der Waals surface area contributed by atoms with Crippen LogP contribution < -0.4 is 0 Å². The Morgan fingerprint density at radius 3 is 2.79 bits per heavy atom. The number of carbonyl (C=O) groups is 2. The molecule has 5 heteroatoms. The first-order valence-corrected chi connectivity index (χ1v) is 6.01. The molecule has 0 radical (unpaired) electrons. The molecule has 1 saturated heterocycles. The van der Waals surface area contributed by atoms with Gasteiger partial charge in [0.2, 0.25) is 0 Å². The fourth-order valence-corrected chi connectivity index (χ4v) is 2.45. The third-order valence-electron chi connectivity index (χ3n) is 3.35. The van der Waals surface area contributed by atoms with Crippen molar-refractivity contribution in [2.75, 3.05) is 13.7 Å². The van der Waals surface area contributed by atoms with Crippen molar-refractivity contribution in [1.82, 2.24) is 4.90 Å². The van der Waals surface area contributed by atoms with Crippen LogP contribution in [-0.4, -0.2) is 36.5 Å². The van der Waals surface area contributed by atoms with Gasteiger partial charge >= 0.3 is 5.97 Å². The van der Waals surface area contributed by atoms with Gasteiger partial charge in [-0.1, -0.05) is 30.3 Å². The zero-order chi connectivity index (χ0) is 13.4. The molecular formula is C14H13NO4. The molecule has 3 rings (SSSR count). The molecule has 0 aromatic heterocycles. The Kier molecular flexibility index (Phi) is 2.83. The molecule has 0 saturated carbocycles. The fraction of sp³-hybridized carbons (Fsp3) is 0.286. The molecule has 19 heavy (non-hydrogen) atoms. The van der Waals surface area contributed by atoms with Crippen molar-refractivity contribution < 1.29 is 19.1 Å². The molecule has 0 spiro atoms. The first kappa shape index (κ1) is 11.9. The Bertz CT molecular complexity index is 552. The lowest BCUT2D eigenvalue weighted by molar-refractivity contribution is -0.141. The van der Waals surface area contributed by atoms with Gasteiger partial charge in [-0.2, -0.15) is 0 Å². The lowest BCUT2D eigenvalue weighted by Crippen LogP contribution is -2.33. The smallest absolute Gasteiger partial charge is 0.343 e. The molecule has 2 aliphatic rings. The van der Waals surface area contributed by atoms with Crippen LogP contribution in [0.15, 0.2) is 42.0 Å². The second-order valence-electron chi connectivity index (χ2n) is 4.45. The van der Waals surface area contributed by atoms with E-state index in [-0.39, 0.29) is 17.5 Å². The average molecular weight is 259 g/mol. The quantitative estimate of drug-likeness (QED) is 0.588.